The van der Waals surface area contributed by atoms with Gasteiger partial charge < -0.3 is 9.84 Å². The van der Waals surface area contributed by atoms with Crippen molar-refractivity contribution in [3.8, 4) is 5.75 Å². The number of thiazole rings is 1. The monoisotopic (exact) mass is 488 g/mol. The number of rotatable bonds is 4. The fourth-order valence-corrected chi connectivity index (χ4v) is 5.55. The average molecular weight is 489 g/mol. The highest BCUT2D eigenvalue weighted by Gasteiger charge is 2.48. The summed E-state index contributed by atoms with van der Waals surface area (Å²) < 4.78 is 19.7. The molecule has 1 aliphatic heterocycles. The number of hydrogen-bond donors (Lipinski definition) is 1. The number of fused-ring (bicyclic) bond motifs is 1. The van der Waals surface area contributed by atoms with Gasteiger partial charge in [-0.3, -0.25) is 14.5 Å². The average Bonchev–Trinajstić information content (AvgIpc) is 3.38. The minimum Gasteiger partial charge on any atom is -0.507 e. The molecule has 1 saturated heterocycles. The Morgan fingerprint density at radius 1 is 1.09 bits per heavy atom. The number of halogens is 1. The topological polar surface area (TPSA) is 79.7 Å². The van der Waals surface area contributed by atoms with E-state index in [-0.39, 0.29) is 16.9 Å². The number of aliphatic hydroxyl groups excluding tert-OH is 1. The fourth-order valence-electron chi connectivity index (χ4n) is 4.38. The van der Waals surface area contributed by atoms with Crippen molar-refractivity contribution in [2.24, 2.45) is 0 Å². The van der Waals surface area contributed by atoms with Gasteiger partial charge in [0.2, 0.25) is 0 Å². The van der Waals surface area contributed by atoms with E-state index in [1.54, 1.807) is 24.3 Å². The first-order chi connectivity index (χ1) is 16.8. The number of methoxy groups -OCH3 is 1. The zero-order valence-corrected chi connectivity index (χ0v) is 20.0. The molecule has 8 heteroatoms. The zero-order valence-electron chi connectivity index (χ0n) is 19.2. The molecule has 0 saturated carbocycles. The molecule has 2 heterocycles. The minimum absolute atomic E-state index is 0.0954. The van der Waals surface area contributed by atoms with Crippen LogP contribution in [-0.4, -0.2) is 28.9 Å². The van der Waals surface area contributed by atoms with Crippen molar-refractivity contribution in [1.29, 1.82) is 0 Å². The van der Waals surface area contributed by atoms with Crippen LogP contribution in [0, 0.1) is 19.7 Å². The third-order valence-corrected chi connectivity index (χ3v) is 7.00. The lowest BCUT2D eigenvalue weighted by Crippen LogP contribution is -2.29. The molecule has 1 N–H and O–H groups in total. The zero-order chi connectivity index (χ0) is 24.9. The second-order valence-electron chi connectivity index (χ2n) is 8.38. The van der Waals surface area contributed by atoms with Crippen LogP contribution in [0.5, 0.6) is 5.75 Å². The Bertz CT molecular complexity index is 1520. The highest BCUT2D eigenvalue weighted by Crippen LogP contribution is 2.45. The number of benzene rings is 3. The summed E-state index contributed by atoms with van der Waals surface area (Å²) in [6, 6.07) is 15.1. The molecule has 0 spiro atoms. The van der Waals surface area contributed by atoms with E-state index in [2.05, 4.69) is 0 Å². The summed E-state index contributed by atoms with van der Waals surface area (Å²) in [6.45, 7) is 3.93. The highest BCUT2D eigenvalue weighted by atomic mass is 32.1. The van der Waals surface area contributed by atoms with Gasteiger partial charge in [-0.15, -0.1) is 0 Å². The molecule has 3 aromatic carbocycles. The van der Waals surface area contributed by atoms with Gasteiger partial charge in [-0.05, 0) is 73.0 Å². The summed E-state index contributed by atoms with van der Waals surface area (Å²) in [5, 5.41) is 11.5. The summed E-state index contributed by atoms with van der Waals surface area (Å²) >= 11 is 1.31. The summed E-state index contributed by atoms with van der Waals surface area (Å²) in [5.74, 6) is -1.97. The molecule has 1 atom stereocenters. The van der Waals surface area contributed by atoms with Gasteiger partial charge in [0, 0.05) is 5.56 Å². The number of amides is 1. The molecule has 4 aromatic rings. The predicted molar refractivity (Wildman–Crippen MR) is 133 cm³/mol. The van der Waals surface area contributed by atoms with E-state index >= 15 is 0 Å². The van der Waals surface area contributed by atoms with Gasteiger partial charge in [0.25, 0.3) is 5.78 Å². The Labute approximate surface area is 204 Å². The van der Waals surface area contributed by atoms with E-state index in [0.717, 1.165) is 21.3 Å². The minimum atomic E-state index is -0.947. The fraction of sp³-hybridized carbons (Fsp3) is 0.148. The number of aliphatic hydroxyl groups is 1. The molecule has 1 aliphatic rings. The van der Waals surface area contributed by atoms with Crippen molar-refractivity contribution in [2.45, 2.75) is 19.9 Å². The van der Waals surface area contributed by atoms with Crippen LogP contribution in [0.25, 0.3) is 16.0 Å². The lowest BCUT2D eigenvalue weighted by molar-refractivity contribution is -0.132. The van der Waals surface area contributed by atoms with Crippen molar-refractivity contribution < 1.29 is 23.8 Å². The maximum atomic E-state index is 13.5. The van der Waals surface area contributed by atoms with Crippen molar-refractivity contribution in [3.05, 3.63) is 94.3 Å². The Hall–Kier alpha value is -4.04. The van der Waals surface area contributed by atoms with Gasteiger partial charge in [0.1, 0.15) is 17.3 Å². The molecule has 0 unspecified atom stereocenters. The molecular weight excluding hydrogens is 467 g/mol. The van der Waals surface area contributed by atoms with Gasteiger partial charge in [-0.1, -0.05) is 29.5 Å². The van der Waals surface area contributed by atoms with Gasteiger partial charge in [-0.25, -0.2) is 9.37 Å². The van der Waals surface area contributed by atoms with Gasteiger partial charge in [-0.2, -0.15) is 0 Å². The van der Waals surface area contributed by atoms with Gasteiger partial charge in [0.15, 0.2) is 5.13 Å². The molecule has 0 aliphatic carbocycles. The van der Waals surface area contributed by atoms with E-state index in [0.29, 0.717) is 16.4 Å². The van der Waals surface area contributed by atoms with Crippen LogP contribution in [-0.2, 0) is 9.59 Å². The van der Waals surface area contributed by atoms with Crippen molar-refractivity contribution in [3.63, 3.8) is 0 Å². The molecule has 1 amide bonds. The SMILES string of the molecule is COc1cccc([C@@H]2C(=C(O)c3ccc(F)cc3)C(=O)C(=O)N2c2nc3c(C)cc(C)cc3s2)c1. The number of carbonyl (C=O) groups is 2. The molecule has 1 fully saturated rings. The maximum Gasteiger partial charge on any atom is 0.301 e. The van der Waals surface area contributed by atoms with Gasteiger partial charge in [0.05, 0.1) is 28.9 Å². The quantitative estimate of drug-likeness (QED) is 0.227. The second kappa shape index (κ2) is 8.63. The van der Waals surface area contributed by atoms with Crippen LogP contribution in [0.4, 0.5) is 9.52 Å². The molecule has 6 nitrogen and oxygen atoms in total. The molecule has 0 bridgehead atoms. The van der Waals surface area contributed by atoms with E-state index in [9.17, 15) is 19.1 Å². The smallest absolute Gasteiger partial charge is 0.301 e. The Morgan fingerprint density at radius 3 is 2.54 bits per heavy atom. The molecule has 1 aromatic heterocycles. The number of carbonyl (C=O) groups excluding carboxylic acids is 2. The van der Waals surface area contributed by atoms with E-state index in [1.165, 1.54) is 47.6 Å². The largest absolute Gasteiger partial charge is 0.507 e. The number of nitrogens with zero attached hydrogens (tertiary/aromatic N) is 2. The van der Waals surface area contributed by atoms with E-state index < -0.39 is 23.5 Å². The van der Waals surface area contributed by atoms with E-state index in [4.69, 9.17) is 9.72 Å². The Morgan fingerprint density at radius 2 is 1.83 bits per heavy atom. The third kappa shape index (κ3) is 3.85. The number of hydrogen-bond acceptors (Lipinski definition) is 6. The predicted octanol–water partition coefficient (Wildman–Crippen LogP) is 5.69. The van der Waals surface area contributed by atoms with Crippen LogP contribution in [0.2, 0.25) is 0 Å². The van der Waals surface area contributed by atoms with Crippen LogP contribution < -0.4 is 9.64 Å². The van der Waals surface area contributed by atoms with Crippen LogP contribution in [0.3, 0.4) is 0 Å². The number of ether oxygens (including phenoxy) is 1. The molecule has 35 heavy (non-hydrogen) atoms. The molecule has 0 radical (unpaired) electrons. The first-order valence-electron chi connectivity index (χ1n) is 10.9. The lowest BCUT2D eigenvalue weighted by atomic mass is 9.95. The Kier molecular flexibility index (Phi) is 5.61. The van der Waals surface area contributed by atoms with Crippen LogP contribution in [0.1, 0.15) is 28.3 Å². The van der Waals surface area contributed by atoms with Crippen LogP contribution >= 0.6 is 11.3 Å². The van der Waals surface area contributed by atoms with Crippen molar-refractivity contribution >= 4 is 44.1 Å². The van der Waals surface area contributed by atoms with Gasteiger partial charge >= 0.3 is 5.91 Å². The summed E-state index contributed by atoms with van der Waals surface area (Å²) in [5.41, 5.74) is 3.48. The lowest BCUT2D eigenvalue weighted by Gasteiger charge is -2.23. The second-order valence-corrected chi connectivity index (χ2v) is 9.39. The first kappa shape index (κ1) is 22.7. The Balaban J connectivity index is 1.75. The number of aromatic nitrogens is 1. The number of anilines is 1. The summed E-state index contributed by atoms with van der Waals surface area (Å²) in [7, 11) is 1.52. The summed E-state index contributed by atoms with van der Waals surface area (Å²) in [6.07, 6.45) is 0. The molecule has 176 valence electrons. The van der Waals surface area contributed by atoms with Crippen molar-refractivity contribution in [1.82, 2.24) is 4.98 Å². The highest BCUT2D eigenvalue weighted by molar-refractivity contribution is 7.22. The standard InChI is InChI=1S/C27H21FN2O4S/c1-14-11-15(2)22-20(12-14)35-27(29-22)30-23(17-5-4-6-19(13-17)34-3)21(25(32)26(30)33)24(31)16-7-9-18(28)10-8-16/h4-13,23,31H,1-3H3/t23-/m1/s1. The maximum absolute atomic E-state index is 13.5. The third-order valence-electron chi connectivity index (χ3n) is 6.00. The number of aryl methyl sites for hydroxylation is 2. The van der Waals surface area contributed by atoms with Crippen LogP contribution in [0.15, 0.2) is 66.2 Å². The number of Topliss-reactive ketones (excluding diaryl/α,β-unsaturated/α-hetero) is 1. The van der Waals surface area contributed by atoms with E-state index in [1.807, 2.05) is 26.0 Å². The molecular formula is C27H21FN2O4S. The van der Waals surface area contributed by atoms with Crippen molar-refractivity contribution in [2.75, 3.05) is 12.0 Å². The number of ketones is 1. The first-order valence-corrected chi connectivity index (χ1v) is 11.7. The normalized spacial score (nSPS) is 17.4. The molecule has 5 rings (SSSR count). The summed E-state index contributed by atoms with van der Waals surface area (Å²) in [4.78, 5) is 32.7.